The van der Waals surface area contributed by atoms with E-state index in [-0.39, 0.29) is 11.3 Å². The molecule has 2 aromatic rings. The second-order valence-corrected chi connectivity index (χ2v) is 5.29. The monoisotopic (exact) mass is 351 g/mol. The number of hydrogen-bond acceptors (Lipinski definition) is 3. The van der Waals surface area contributed by atoms with E-state index in [2.05, 4.69) is 15.8 Å². The normalized spacial score (nSPS) is 11.1. The zero-order valence-electron chi connectivity index (χ0n) is 13.6. The van der Waals surface area contributed by atoms with Crippen LogP contribution < -0.4 is 10.9 Å². The number of aryl methyl sites for hydroxylation is 2. The SMILES string of the molecule is CCc1ccc(C(=O)NNC(=O)c2ccc(C(F)(F)F)nc2C)cc1. The van der Waals surface area contributed by atoms with E-state index >= 15 is 0 Å². The number of hydrazine groups is 1. The molecular formula is C17H16F3N3O2. The fourth-order valence-electron chi connectivity index (χ4n) is 2.10. The second-order valence-electron chi connectivity index (χ2n) is 5.29. The van der Waals surface area contributed by atoms with Crippen LogP contribution in [-0.4, -0.2) is 16.8 Å². The summed E-state index contributed by atoms with van der Waals surface area (Å²) in [6.07, 6.45) is -3.75. The van der Waals surface area contributed by atoms with E-state index in [0.29, 0.717) is 11.6 Å². The van der Waals surface area contributed by atoms with Crippen LogP contribution in [0.2, 0.25) is 0 Å². The van der Waals surface area contributed by atoms with Gasteiger partial charge in [-0.2, -0.15) is 13.2 Å². The van der Waals surface area contributed by atoms with E-state index in [9.17, 15) is 22.8 Å². The van der Waals surface area contributed by atoms with Gasteiger partial charge in [0.25, 0.3) is 11.8 Å². The van der Waals surface area contributed by atoms with Crippen molar-refractivity contribution in [1.29, 1.82) is 0 Å². The first-order valence-corrected chi connectivity index (χ1v) is 7.47. The average molecular weight is 351 g/mol. The van der Waals surface area contributed by atoms with E-state index in [4.69, 9.17) is 0 Å². The smallest absolute Gasteiger partial charge is 0.267 e. The average Bonchev–Trinajstić information content (AvgIpc) is 2.58. The molecule has 2 N–H and O–H groups in total. The van der Waals surface area contributed by atoms with Crippen LogP contribution in [0.4, 0.5) is 13.2 Å². The Balaban J connectivity index is 2.03. The minimum absolute atomic E-state index is 0.0605. The van der Waals surface area contributed by atoms with Gasteiger partial charge in [-0.05, 0) is 43.2 Å². The zero-order chi connectivity index (χ0) is 18.6. The molecule has 1 heterocycles. The molecule has 0 saturated carbocycles. The van der Waals surface area contributed by atoms with Gasteiger partial charge in [0.2, 0.25) is 0 Å². The van der Waals surface area contributed by atoms with Crippen LogP contribution in [0.3, 0.4) is 0 Å². The quantitative estimate of drug-likeness (QED) is 0.835. The molecule has 0 radical (unpaired) electrons. The van der Waals surface area contributed by atoms with Gasteiger partial charge >= 0.3 is 6.18 Å². The first kappa shape index (κ1) is 18.4. The van der Waals surface area contributed by atoms with Crippen molar-refractivity contribution in [2.75, 3.05) is 0 Å². The third-order valence-electron chi connectivity index (χ3n) is 3.53. The standard InChI is InChI=1S/C17H16F3N3O2/c1-3-11-4-6-12(7-5-11)15(24)22-23-16(25)13-8-9-14(17(18,19)20)21-10(13)2/h4-9H,3H2,1-2H3,(H,22,24)(H,23,25). The number of benzene rings is 1. The number of carbonyl (C=O) groups excluding carboxylic acids is 2. The van der Waals surface area contributed by atoms with Gasteiger partial charge in [-0.1, -0.05) is 19.1 Å². The Morgan fingerprint density at radius 3 is 2.12 bits per heavy atom. The third kappa shape index (κ3) is 4.56. The van der Waals surface area contributed by atoms with E-state index in [0.717, 1.165) is 18.1 Å². The number of alkyl halides is 3. The Kier molecular flexibility index (Phi) is 5.41. The Bertz CT molecular complexity index is 787. The minimum atomic E-state index is -4.58. The summed E-state index contributed by atoms with van der Waals surface area (Å²) < 4.78 is 37.7. The Morgan fingerprint density at radius 2 is 1.60 bits per heavy atom. The summed E-state index contributed by atoms with van der Waals surface area (Å²) in [6.45, 7) is 3.27. The molecule has 5 nitrogen and oxygen atoms in total. The predicted octanol–water partition coefficient (Wildman–Crippen LogP) is 3.05. The van der Waals surface area contributed by atoms with Crippen LogP contribution in [-0.2, 0) is 12.6 Å². The molecule has 0 atom stereocenters. The van der Waals surface area contributed by atoms with Crippen molar-refractivity contribution in [2.45, 2.75) is 26.4 Å². The van der Waals surface area contributed by atoms with E-state index < -0.39 is 23.7 Å². The summed E-state index contributed by atoms with van der Waals surface area (Å²) in [6, 6.07) is 8.55. The highest BCUT2D eigenvalue weighted by atomic mass is 19.4. The van der Waals surface area contributed by atoms with Crippen LogP contribution in [0.5, 0.6) is 0 Å². The zero-order valence-corrected chi connectivity index (χ0v) is 13.6. The van der Waals surface area contributed by atoms with Crippen LogP contribution in [0.25, 0.3) is 0 Å². The molecule has 0 aliphatic rings. The molecule has 0 spiro atoms. The number of nitrogens with one attached hydrogen (secondary N) is 2. The van der Waals surface area contributed by atoms with Gasteiger partial charge in [-0.25, -0.2) is 4.98 Å². The highest BCUT2D eigenvalue weighted by molar-refractivity contribution is 5.99. The molecule has 132 valence electrons. The molecular weight excluding hydrogens is 335 g/mol. The number of halogens is 3. The number of amides is 2. The number of aromatic nitrogens is 1. The molecule has 0 saturated heterocycles. The van der Waals surface area contributed by atoms with Crippen LogP contribution in [0.1, 0.15) is 44.6 Å². The summed E-state index contributed by atoms with van der Waals surface area (Å²) in [5.74, 6) is -1.29. The van der Waals surface area contributed by atoms with E-state index in [1.54, 1.807) is 24.3 Å². The van der Waals surface area contributed by atoms with E-state index in [1.165, 1.54) is 6.92 Å². The Hall–Kier alpha value is -2.90. The molecule has 8 heteroatoms. The van der Waals surface area contributed by atoms with Crippen molar-refractivity contribution in [2.24, 2.45) is 0 Å². The van der Waals surface area contributed by atoms with Crippen molar-refractivity contribution in [3.05, 3.63) is 64.5 Å². The first-order chi connectivity index (χ1) is 11.7. The van der Waals surface area contributed by atoms with Crippen molar-refractivity contribution in [3.8, 4) is 0 Å². The summed E-state index contributed by atoms with van der Waals surface area (Å²) in [7, 11) is 0. The van der Waals surface area contributed by atoms with Crippen LogP contribution in [0, 0.1) is 6.92 Å². The van der Waals surface area contributed by atoms with E-state index in [1.807, 2.05) is 6.92 Å². The van der Waals surface area contributed by atoms with Gasteiger partial charge in [0.15, 0.2) is 0 Å². The van der Waals surface area contributed by atoms with Crippen LogP contribution in [0.15, 0.2) is 36.4 Å². The van der Waals surface area contributed by atoms with Gasteiger partial charge in [-0.3, -0.25) is 20.4 Å². The molecule has 1 aromatic heterocycles. The highest BCUT2D eigenvalue weighted by Crippen LogP contribution is 2.28. The Morgan fingerprint density at radius 1 is 1.00 bits per heavy atom. The number of hydrogen-bond donors (Lipinski definition) is 2. The maximum absolute atomic E-state index is 12.6. The molecule has 2 amide bonds. The predicted molar refractivity (Wildman–Crippen MR) is 84.7 cm³/mol. The number of nitrogens with zero attached hydrogens (tertiary/aromatic N) is 1. The first-order valence-electron chi connectivity index (χ1n) is 7.47. The lowest BCUT2D eigenvalue weighted by Crippen LogP contribution is -2.42. The largest absolute Gasteiger partial charge is 0.433 e. The lowest BCUT2D eigenvalue weighted by atomic mass is 10.1. The lowest BCUT2D eigenvalue weighted by Gasteiger charge is -2.11. The van der Waals surface area contributed by atoms with Crippen molar-refractivity contribution >= 4 is 11.8 Å². The van der Waals surface area contributed by atoms with Crippen molar-refractivity contribution in [3.63, 3.8) is 0 Å². The molecule has 0 aliphatic carbocycles. The maximum atomic E-state index is 12.6. The molecule has 0 unspecified atom stereocenters. The fourth-order valence-corrected chi connectivity index (χ4v) is 2.10. The molecule has 25 heavy (non-hydrogen) atoms. The molecule has 0 fully saturated rings. The van der Waals surface area contributed by atoms with Gasteiger partial charge in [-0.15, -0.1) is 0 Å². The highest BCUT2D eigenvalue weighted by Gasteiger charge is 2.33. The Labute approximate surface area is 142 Å². The van der Waals surface area contributed by atoms with Gasteiger partial charge < -0.3 is 0 Å². The van der Waals surface area contributed by atoms with Crippen LogP contribution >= 0.6 is 0 Å². The molecule has 0 bridgehead atoms. The summed E-state index contributed by atoms with van der Waals surface area (Å²) >= 11 is 0. The summed E-state index contributed by atoms with van der Waals surface area (Å²) in [4.78, 5) is 27.3. The van der Waals surface area contributed by atoms with Gasteiger partial charge in [0, 0.05) is 5.56 Å². The summed E-state index contributed by atoms with van der Waals surface area (Å²) in [5.41, 5.74) is 4.56. The number of pyridine rings is 1. The topological polar surface area (TPSA) is 71.1 Å². The maximum Gasteiger partial charge on any atom is 0.433 e. The number of rotatable bonds is 3. The minimum Gasteiger partial charge on any atom is -0.267 e. The molecule has 1 aromatic carbocycles. The van der Waals surface area contributed by atoms with Gasteiger partial charge in [0.1, 0.15) is 5.69 Å². The summed E-state index contributed by atoms with van der Waals surface area (Å²) in [5, 5.41) is 0. The second kappa shape index (κ2) is 7.33. The fraction of sp³-hybridized carbons (Fsp3) is 0.235. The van der Waals surface area contributed by atoms with Crippen molar-refractivity contribution < 1.29 is 22.8 Å². The van der Waals surface area contributed by atoms with Gasteiger partial charge in [0.05, 0.1) is 11.3 Å². The number of carbonyl (C=O) groups is 2. The third-order valence-corrected chi connectivity index (χ3v) is 3.53. The van der Waals surface area contributed by atoms with Crippen molar-refractivity contribution in [1.82, 2.24) is 15.8 Å². The molecule has 2 rings (SSSR count). The lowest BCUT2D eigenvalue weighted by molar-refractivity contribution is -0.141. The molecule has 0 aliphatic heterocycles.